The average Bonchev–Trinajstić information content (AvgIpc) is 2.52. The first kappa shape index (κ1) is 19.5. The molecule has 0 saturated carbocycles. The molecule has 2 amide bonds. The number of carbonyl (C=O) groups excluding carboxylic acids is 2. The molecule has 1 fully saturated rings. The lowest BCUT2D eigenvalue weighted by atomic mass is 9.86. The third-order valence-electron chi connectivity index (χ3n) is 4.91. The van der Waals surface area contributed by atoms with Crippen LogP contribution in [-0.4, -0.2) is 35.8 Å². The lowest BCUT2D eigenvalue weighted by molar-refractivity contribution is -0.135. The molecule has 1 saturated heterocycles. The van der Waals surface area contributed by atoms with Gasteiger partial charge in [0.15, 0.2) is 0 Å². The van der Waals surface area contributed by atoms with Gasteiger partial charge in [-0.05, 0) is 48.3 Å². The van der Waals surface area contributed by atoms with E-state index in [2.05, 4.69) is 39.9 Å². The molecular formula is C21H32N2O2. The maximum Gasteiger partial charge on any atom is 0.251 e. The van der Waals surface area contributed by atoms with Gasteiger partial charge < -0.3 is 10.2 Å². The van der Waals surface area contributed by atoms with Crippen molar-refractivity contribution in [3.05, 3.63) is 35.4 Å². The van der Waals surface area contributed by atoms with E-state index in [1.54, 1.807) is 6.92 Å². The van der Waals surface area contributed by atoms with Crippen molar-refractivity contribution in [2.45, 2.75) is 59.4 Å². The van der Waals surface area contributed by atoms with Gasteiger partial charge >= 0.3 is 0 Å². The summed E-state index contributed by atoms with van der Waals surface area (Å²) in [4.78, 5) is 27.0. The van der Waals surface area contributed by atoms with Crippen LogP contribution in [0, 0.1) is 11.8 Å². The van der Waals surface area contributed by atoms with Gasteiger partial charge in [-0.15, -0.1) is 0 Å². The van der Waals surface area contributed by atoms with Crippen LogP contribution in [0.1, 0.15) is 63.9 Å². The number of rotatable bonds is 3. The molecule has 1 heterocycles. The molecule has 0 aromatic heterocycles. The summed E-state index contributed by atoms with van der Waals surface area (Å²) < 4.78 is 0. The lowest BCUT2D eigenvalue weighted by Gasteiger charge is -2.36. The normalized spacial score (nSPS) is 22.4. The van der Waals surface area contributed by atoms with Crippen molar-refractivity contribution in [2.75, 3.05) is 13.1 Å². The highest BCUT2D eigenvalue weighted by Crippen LogP contribution is 2.23. The quantitative estimate of drug-likeness (QED) is 0.911. The van der Waals surface area contributed by atoms with Crippen molar-refractivity contribution < 1.29 is 9.59 Å². The van der Waals surface area contributed by atoms with Gasteiger partial charge in [-0.2, -0.15) is 0 Å². The molecule has 3 unspecified atom stereocenters. The summed E-state index contributed by atoms with van der Waals surface area (Å²) in [5.74, 6) is 0.846. The minimum absolute atomic E-state index is 0.0121. The van der Waals surface area contributed by atoms with E-state index in [-0.39, 0.29) is 17.2 Å². The van der Waals surface area contributed by atoms with Gasteiger partial charge in [0.2, 0.25) is 5.91 Å². The summed E-state index contributed by atoms with van der Waals surface area (Å²) in [6.07, 6.45) is 1.16. The van der Waals surface area contributed by atoms with Crippen LogP contribution in [0.15, 0.2) is 24.3 Å². The molecule has 4 heteroatoms. The minimum atomic E-state index is -0.507. The molecule has 0 radical (unpaired) electrons. The fraction of sp³-hybridized carbons (Fsp3) is 0.619. The number of amides is 2. The molecule has 0 bridgehead atoms. The van der Waals surface area contributed by atoms with Crippen molar-refractivity contribution in [1.29, 1.82) is 0 Å². The van der Waals surface area contributed by atoms with Crippen LogP contribution < -0.4 is 5.32 Å². The zero-order chi connectivity index (χ0) is 18.8. The Kier molecular flexibility index (Phi) is 5.91. The second-order valence-electron chi connectivity index (χ2n) is 8.71. The zero-order valence-corrected chi connectivity index (χ0v) is 16.4. The van der Waals surface area contributed by atoms with Crippen molar-refractivity contribution in [3.63, 3.8) is 0 Å². The number of hydrogen-bond acceptors (Lipinski definition) is 2. The number of benzene rings is 1. The standard InChI is InChI=1S/C21H32N2O2/c1-14-11-15(2)13-23(12-14)20(25)16(3)22-19(24)17-7-9-18(10-8-17)21(4,5)6/h7-10,14-16H,11-13H2,1-6H3,(H,22,24). The monoisotopic (exact) mass is 344 g/mol. The number of nitrogens with zero attached hydrogens (tertiary/aromatic N) is 1. The van der Waals surface area contributed by atoms with Gasteiger partial charge in [0.1, 0.15) is 6.04 Å². The summed E-state index contributed by atoms with van der Waals surface area (Å²) in [5.41, 5.74) is 1.83. The van der Waals surface area contributed by atoms with Crippen LogP contribution >= 0.6 is 0 Å². The molecule has 0 aliphatic carbocycles. The van der Waals surface area contributed by atoms with Crippen LogP contribution in [0.25, 0.3) is 0 Å². The number of likely N-dealkylation sites (tertiary alicyclic amines) is 1. The number of piperidine rings is 1. The zero-order valence-electron chi connectivity index (χ0n) is 16.4. The first-order valence-electron chi connectivity index (χ1n) is 9.28. The molecule has 1 aromatic carbocycles. The van der Waals surface area contributed by atoms with E-state index in [4.69, 9.17) is 0 Å². The average molecular weight is 344 g/mol. The molecule has 25 heavy (non-hydrogen) atoms. The van der Waals surface area contributed by atoms with Gasteiger partial charge in [0.25, 0.3) is 5.91 Å². The second-order valence-corrected chi connectivity index (χ2v) is 8.71. The predicted molar refractivity (Wildman–Crippen MR) is 102 cm³/mol. The highest BCUT2D eigenvalue weighted by Gasteiger charge is 2.29. The number of carbonyl (C=O) groups is 2. The Morgan fingerprint density at radius 2 is 1.60 bits per heavy atom. The summed E-state index contributed by atoms with van der Waals surface area (Å²) in [6, 6.07) is 7.12. The van der Waals surface area contributed by atoms with Crippen molar-refractivity contribution in [2.24, 2.45) is 11.8 Å². The van der Waals surface area contributed by atoms with E-state index in [1.165, 1.54) is 5.56 Å². The Labute approximate surface area is 152 Å². The van der Waals surface area contributed by atoms with E-state index < -0.39 is 6.04 Å². The van der Waals surface area contributed by atoms with Gasteiger partial charge in [0, 0.05) is 18.7 Å². The Morgan fingerprint density at radius 1 is 1.08 bits per heavy atom. The maximum absolute atomic E-state index is 12.7. The first-order valence-corrected chi connectivity index (χ1v) is 9.28. The Morgan fingerprint density at radius 3 is 2.08 bits per heavy atom. The molecule has 4 nitrogen and oxygen atoms in total. The molecule has 1 N–H and O–H groups in total. The Bertz CT molecular complexity index is 606. The van der Waals surface area contributed by atoms with Crippen LogP contribution in [0.4, 0.5) is 0 Å². The smallest absolute Gasteiger partial charge is 0.251 e. The molecule has 1 aromatic rings. The van der Waals surface area contributed by atoms with Gasteiger partial charge in [-0.1, -0.05) is 46.8 Å². The highest BCUT2D eigenvalue weighted by atomic mass is 16.2. The van der Waals surface area contributed by atoms with E-state index >= 15 is 0 Å². The molecule has 0 spiro atoms. The minimum Gasteiger partial charge on any atom is -0.341 e. The van der Waals surface area contributed by atoms with Crippen LogP contribution in [0.3, 0.4) is 0 Å². The third kappa shape index (κ3) is 5.07. The van der Waals surface area contributed by atoms with Crippen LogP contribution in [0.2, 0.25) is 0 Å². The highest BCUT2D eigenvalue weighted by molar-refractivity contribution is 5.97. The number of nitrogens with one attached hydrogen (secondary N) is 1. The topological polar surface area (TPSA) is 49.4 Å². The number of hydrogen-bond donors (Lipinski definition) is 1. The maximum atomic E-state index is 12.7. The second kappa shape index (κ2) is 7.59. The molecule has 1 aliphatic rings. The molecule has 2 rings (SSSR count). The van der Waals surface area contributed by atoms with E-state index in [9.17, 15) is 9.59 Å². The van der Waals surface area contributed by atoms with Gasteiger partial charge in [-0.25, -0.2) is 0 Å². The van der Waals surface area contributed by atoms with Crippen molar-refractivity contribution in [1.82, 2.24) is 10.2 Å². The summed E-state index contributed by atoms with van der Waals surface area (Å²) in [5, 5.41) is 2.85. The molecule has 138 valence electrons. The third-order valence-corrected chi connectivity index (χ3v) is 4.91. The Balaban J connectivity index is 1.98. The Hall–Kier alpha value is -1.84. The van der Waals surface area contributed by atoms with E-state index in [0.29, 0.717) is 17.4 Å². The molecule has 1 aliphatic heterocycles. The van der Waals surface area contributed by atoms with Gasteiger partial charge in [0.05, 0.1) is 0 Å². The SMILES string of the molecule is CC1CC(C)CN(C(=O)C(C)NC(=O)c2ccc(C(C)(C)C)cc2)C1. The van der Waals surface area contributed by atoms with E-state index in [0.717, 1.165) is 19.5 Å². The summed E-state index contributed by atoms with van der Waals surface area (Å²) in [7, 11) is 0. The largest absolute Gasteiger partial charge is 0.341 e. The van der Waals surface area contributed by atoms with Crippen molar-refractivity contribution in [3.8, 4) is 0 Å². The van der Waals surface area contributed by atoms with Gasteiger partial charge in [-0.3, -0.25) is 9.59 Å². The fourth-order valence-electron chi connectivity index (χ4n) is 3.58. The summed E-state index contributed by atoms with van der Waals surface area (Å²) >= 11 is 0. The van der Waals surface area contributed by atoms with Crippen molar-refractivity contribution >= 4 is 11.8 Å². The van der Waals surface area contributed by atoms with E-state index in [1.807, 2.05) is 29.2 Å². The molecular weight excluding hydrogens is 312 g/mol. The fourth-order valence-corrected chi connectivity index (χ4v) is 3.58. The lowest BCUT2D eigenvalue weighted by Crippen LogP contribution is -2.51. The first-order chi connectivity index (χ1) is 11.6. The summed E-state index contributed by atoms with van der Waals surface area (Å²) in [6.45, 7) is 14.1. The molecule has 3 atom stereocenters. The van der Waals surface area contributed by atoms with Crippen LogP contribution in [-0.2, 0) is 10.2 Å². The van der Waals surface area contributed by atoms with Crippen LogP contribution in [0.5, 0.6) is 0 Å². The predicted octanol–water partition coefficient (Wildman–Crippen LogP) is 3.61.